The highest BCUT2D eigenvalue weighted by Gasteiger charge is 2.53. The topological polar surface area (TPSA) is 124 Å². The summed E-state index contributed by atoms with van der Waals surface area (Å²) < 4.78 is 29.9. The Morgan fingerprint density at radius 1 is 1.02 bits per heavy atom. The van der Waals surface area contributed by atoms with Gasteiger partial charge in [0.15, 0.2) is 5.79 Å². The molecule has 45 heavy (non-hydrogen) atoms. The summed E-state index contributed by atoms with van der Waals surface area (Å²) >= 11 is 0. The largest absolute Gasteiger partial charge is 0.490 e. The molecule has 3 N–H and O–H groups in total. The fourth-order valence-corrected chi connectivity index (χ4v) is 6.84. The SMILES string of the molecule is CO/C1=C\C(C)=C\[C@@H](C)[C@@H](O)[C@@H](C)C/C(C)=C/C=C/[C@H](OC)[C@@H]([C@@H](C)[C@@H](O)[C@H](C)[C@@]2(OC)C[C@@H](O)[C@H](C)[C@H](C(C)C)O2)OC1=O. The van der Waals surface area contributed by atoms with Crippen molar-refractivity contribution in [2.24, 2.45) is 35.5 Å². The minimum absolute atomic E-state index is 0.00647. The molecule has 2 aliphatic rings. The van der Waals surface area contributed by atoms with E-state index in [2.05, 4.69) is 0 Å². The van der Waals surface area contributed by atoms with E-state index in [1.165, 1.54) is 21.3 Å². The first-order valence-electron chi connectivity index (χ1n) is 16.3. The van der Waals surface area contributed by atoms with Crippen molar-refractivity contribution < 1.29 is 43.8 Å². The molecule has 0 aromatic heterocycles. The second-order valence-electron chi connectivity index (χ2n) is 13.7. The Morgan fingerprint density at radius 3 is 2.22 bits per heavy atom. The maximum absolute atomic E-state index is 13.6. The van der Waals surface area contributed by atoms with Gasteiger partial charge in [0.25, 0.3) is 0 Å². The zero-order valence-electron chi connectivity index (χ0n) is 29.5. The summed E-state index contributed by atoms with van der Waals surface area (Å²) in [5.74, 6) is -3.38. The first-order valence-corrected chi connectivity index (χ1v) is 16.3. The van der Waals surface area contributed by atoms with Crippen LogP contribution in [-0.4, -0.2) is 85.0 Å². The first-order chi connectivity index (χ1) is 21.0. The summed E-state index contributed by atoms with van der Waals surface area (Å²) in [7, 11) is 4.46. The summed E-state index contributed by atoms with van der Waals surface area (Å²) in [4.78, 5) is 13.6. The normalized spacial score (nSPS) is 40.5. The molecule has 0 aromatic rings. The second-order valence-corrected chi connectivity index (χ2v) is 13.7. The van der Waals surface area contributed by atoms with Gasteiger partial charge in [-0.2, -0.15) is 0 Å². The molecule has 0 saturated carbocycles. The molecule has 0 aromatic carbocycles. The number of allylic oxidation sites excluding steroid dienone is 5. The fraction of sp³-hybridized carbons (Fsp3) is 0.750. The zero-order chi connectivity index (χ0) is 34.2. The highest BCUT2D eigenvalue weighted by Crippen LogP contribution is 2.43. The van der Waals surface area contributed by atoms with Gasteiger partial charge >= 0.3 is 5.97 Å². The Balaban J connectivity index is 2.56. The van der Waals surface area contributed by atoms with Crippen LogP contribution in [0.15, 0.2) is 47.3 Å². The average molecular weight is 637 g/mol. The van der Waals surface area contributed by atoms with Crippen molar-refractivity contribution in [3.63, 3.8) is 0 Å². The lowest BCUT2D eigenvalue weighted by Gasteiger charge is -2.51. The summed E-state index contributed by atoms with van der Waals surface area (Å²) in [5.41, 5.74) is 1.82. The molecule has 2 aliphatic heterocycles. The van der Waals surface area contributed by atoms with Crippen LogP contribution in [0, 0.1) is 35.5 Å². The number of esters is 1. The van der Waals surface area contributed by atoms with Crippen molar-refractivity contribution >= 4 is 5.97 Å². The van der Waals surface area contributed by atoms with E-state index in [0.29, 0.717) is 6.42 Å². The van der Waals surface area contributed by atoms with E-state index in [0.717, 1.165) is 11.1 Å². The molecule has 9 nitrogen and oxygen atoms in total. The molecule has 258 valence electrons. The predicted octanol–water partition coefficient (Wildman–Crippen LogP) is 5.35. The van der Waals surface area contributed by atoms with Crippen LogP contribution in [0.25, 0.3) is 0 Å². The molecule has 0 unspecified atom stereocenters. The minimum Gasteiger partial charge on any atom is -0.490 e. The molecule has 0 bridgehead atoms. The Kier molecular flexibility index (Phi) is 15.0. The van der Waals surface area contributed by atoms with Crippen LogP contribution in [0.2, 0.25) is 0 Å². The van der Waals surface area contributed by atoms with Crippen molar-refractivity contribution in [1.29, 1.82) is 0 Å². The third-order valence-corrected chi connectivity index (χ3v) is 9.81. The maximum atomic E-state index is 13.6. The van der Waals surface area contributed by atoms with E-state index >= 15 is 0 Å². The third kappa shape index (κ3) is 9.75. The summed E-state index contributed by atoms with van der Waals surface area (Å²) in [6, 6.07) is 0. The van der Waals surface area contributed by atoms with Gasteiger partial charge in [-0.05, 0) is 38.2 Å². The van der Waals surface area contributed by atoms with Gasteiger partial charge in [-0.1, -0.05) is 83.9 Å². The van der Waals surface area contributed by atoms with E-state index in [1.807, 2.05) is 73.6 Å². The molecular weight excluding hydrogens is 576 g/mol. The number of hydrogen-bond acceptors (Lipinski definition) is 9. The number of ether oxygens (including phenoxy) is 5. The molecular formula is C36H60O9. The van der Waals surface area contributed by atoms with Gasteiger partial charge in [0.2, 0.25) is 5.76 Å². The molecule has 2 heterocycles. The van der Waals surface area contributed by atoms with Gasteiger partial charge in [0.05, 0.1) is 31.5 Å². The summed E-state index contributed by atoms with van der Waals surface area (Å²) in [5, 5.41) is 33.8. The highest BCUT2D eigenvalue weighted by molar-refractivity contribution is 5.87. The Bertz CT molecular complexity index is 1080. The molecule has 0 aliphatic carbocycles. The Morgan fingerprint density at radius 2 is 1.67 bits per heavy atom. The van der Waals surface area contributed by atoms with E-state index in [1.54, 1.807) is 19.1 Å². The molecule has 0 spiro atoms. The number of carbonyl (C=O) groups is 1. The fourth-order valence-electron chi connectivity index (χ4n) is 6.84. The Hall–Kier alpha value is -2.01. The number of methoxy groups -OCH3 is 3. The standard InChI is InChI=1S/C36H60O9/c1-20(2)33-25(7)28(37)19-36(43-12,45-33)27(9)32(39)26(8)34-29(41-10)15-13-14-21(3)16-23(5)31(38)24(6)17-22(4)18-30(42-11)35(40)44-34/h13-15,17-18,20,23-29,31-34,37-39H,16,19H2,1-12H3/b15-13+,21-14+,22-17+,30-18-/t23-,24+,25-,26-,27-,28+,29-,31-,32+,33-,34+,36+/m0/s1. The molecule has 0 radical (unpaired) electrons. The number of rotatable bonds is 8. The number of cyclic esters (lactones) is 1. The van der Waals surface area contributed by atoms with Crippen molar-refractivity contribution in [2.45, 2.75) is 118 Å². The molecule has 2 rings (SSSR count). The van der Waals surface area contributed by atoms with Crippen LogP contribution in [0.1, 0.15) is 75.2 Å². The van der Waals surface area contributed by atoms with Crippen LogP contribution in [0.5, 0.6) is 0 Å². The minimum atomic E-state index is -1.26. The lowest BCUT2D eigenvalue weighted by molar-refractivity contribution is -0.338. The number of carbonyl (C=O) groups excluding carboxylic acids is 1. The van der Waals surface area contributed by atoms with E-state index < -0.39 is 54.1 Å². The smallest absolute Gasteiger partial charge is 0.373 e. The number of aliphatic hydroxyl groups excluding tert-OH is 3. The van der Waals surface area contributed by atoms with Gasteiger partial charge in [-0.25, -0.2) is 4.79 Å². The molecule has 12 atom stereocenters. The molecule has 0 amide bonds. The number of hydrogen-bond donors (Lipinski definition) is 3. The van der Waals surface area contributed by atoms with E-state index in [4.69, 9.17) is 23.7 Å². The van der Waals surface area contributed by atoms with Crippen LogP contribution in [0.4, 0.5) is 0 Å². The summed E-state index contributed by atoms with van der Waals surface area (Å²) in [6.07, 6.45) is 5.75. The maximum Gasteiger partial charge on any atom is 0.373 e. The van der Waals surface area contributed by atoms with Crippen LogP contribution < -0.4 is 0 Å². The summed E-state index contributed by atoms with van der Waals surface area (Å²) in [6.45, 7) is 17.5. The number of aliphatic hydroxyl groups is 3. The van der Waals surface area contributed by atoms with Crippen LogP contribution in [0.3, 0.4) is 0 Å². The average Bonchev–Trinajstić information content (AvgIpc) is 2.99. The highest BCUT2D eigenvalue weighted by atomic mass is 16.7. The zero-order valence-corrected chi connectivity index (χ0v) is 29.5. The van der Waals surface area contributed by atoms with Crippen molar-refractivity contribution in [2.75, 3.05) is 21.3 Å². The van der Waals surface area contributed by atoms with E-state index in [9.17, 15) is 20.1 Å². The first kappa shape index (κ1) is 39.2. The van der Waals surface area contributed by atoms with Crippen LogP contribution >= 0.6 is 0 Å². The van der Waals surface area contributed by atoms with Gasteiger partial charge < -0.3 is 39.0 Å². The van der Waals surface area contributed by atoms with Crippen molar-refractivity contribution in [3.05, 3.63) is 47.3 Å². The third-order valence-electron chi connectivity index (χ3n) is 9.81. The monoisotopic (exact) mass is 636 g/mol. The molecule has 1 saturated heterocycles. The van der Waals surface area contributed by atoms with Gasteiger partial charge in [-0.3, -0.25) is 0 Å². The second kappa shape index (κ2) is 17.2. The quantitative estimate of drug-likeness (QED) is 0.303. The lowest BCUT2D eigenvalue weighted by Crippen LogP contribution is -2.60. The Labute approximate surface area is 271 Å². The van der Waals surface area contributed by atoms with Gasteiger partial charge in [-0.15, -0.1) is 0 Å². The molecule has 9 heteroatoms. The van der Waals surface area contributed by atoms with Gasteiger partial charge in [0, 0.05) is 44.3 Å². The molecule has 1 fully saturated rings. The lowest BCUT2D eigenvalue weighted by atomic mass is 9.76. The van der Waals surface area contributed by atoms with Crippen molar-refractivity contribution in [1.82, 2.24) is 0 Å². The predicted molar refractivity (Wildman–Crippen MR) is 175 cm³/mol. The van der Waals surface area contributed by atoms with Crippen LogP contribution in [-0.2, 0) is 28.5 Å². The van der Waals surface area contributed by atoms with E-state index in [-0.39, 0.29) is 42.0 Å². The van der Waals surface area contributed by atoms with Gasteiger partial charge in [0.1, 0.15) is 12.2 Å². The van der Waals surface area contributed by atoms with Crippen molar-refractivity contribution in [3.8, 4) is 0 Å².